The maximum Gasteiger partial charge on any atom is 0.304 e. The number of hydrogen-bond donors (Lipinski definition) is 1. The van der Waals surface area contributed by atoms with Crippen LogP contribution < -0.4 is 0 Å². The lowest BCUT2D eigenvalue weighted by Gasteiger charge is -2.30. The summed E-state index contributed by atoms with van der Waals surface area (Å²) in [6, 6.07) is 0.229. The maximum absolute atomic E-state index is 10.8. The molecule has 0 aliphatic rings. The van der Waals surface area contributed by atoms with Crippen molar-refractivity contribution in [3.8, 4) is 0 Å². The van der Waals surface area contributed by atoms with Gasteiger partial charge in [-0.25, -0.2) is 0 Å². The van der Waals surface area contributed by atoms with Crippen molar-refractivity contribution in [1.82, 2.24) is 4.90 Å². The fraction of sp³-hybridized carbons (Fsp3) is 0.917. The molecule has 0 aromatic heterocycles. The van der Waals surface area contributed by atoms with Crippen LogP contribution in [0.2, 0.25) is 0 Å². The van der Waals surface area contributed by atoms with Gasteiger partial charge in [-0.1, -0.05) is 27.2 Å². The van der Waals surface area contributed by atoms with Crippen LogP contribution in [-0.2, 0) is 4.79 Å². The number of carboxylic acid groups (broad SMARTS) is 1. The van der Waals surface area contributed by atoms with E-state index in [2.05, 4.69) is 25.7 Å². The van der Waals surface area contributed by atoms with Gasteiger partial charge >= 0.3 is 5.97 Å². The first-order valence-corrected chi connectivity index (χ1v) is 6.11. The number of carboxylic acids is 1. The highest BCUT2D eigenvalue weighted by molar-refractivity contribution is 5.67. The maximum atomic E-state index is 10.8. The van der Waals surface area contributed by atoms with Crippen LogP contribution in [0.5, 0.6) is 0 Å². The van der Waals surface area contributed by atoms with E-state index < -0.39 is 5.97 Å². The summed E-state index contributed by atoms with van der Waals surface area (Å²) < 4.78 is 0. The number of carbonyl (C=O) groups is 1. The summed E-state index contributed by atoms with van der Waals surface area (Å²) in [6.45, 7) is 8.45. The van der Waals surface area contributed by atoms with Crippen LogP contribution in [0.25, 0.3) is 0 Å². The summed E-state index contributed by atoms with van der Waals surface area (Å²) in [7, 11) is 0. The van der Waals surface area contributed by atoms with Crippen LogP contribution in [0.15, 0.2) is 0 Å². The van der Waals surface area contributed by atoms with Gasteiger partial charge in [-0.15, -0.1) is 0 Å². The third-order valence-corrected chi connectivity index (χ3v) is 2.57. The molecule has 0 saturated heterocycles. The summed E-state index contributed by atoms with van der Waals surface area (Å²) >= 11 is 0. The topological polar surface area (TPSA) is 40.5 Å². The van der Waals surface area contributed by atoms with Gasteiger partial charge in [0.15, 0.2) is 0 Å². The number of rotatable bonds is 9. The molecule has 3 heteroatoms. The molecule has 0 heterocycles. The predicted molar refractivity (Wildman–Crippen MR) is 63.1 cm³/mol. The molecule has 1 unspecified atom stereocenters. The third kappa shape index (κ3) is 6.50. The number of hydrogen-bond acceptors (Lipinski definition) is 2. The van der Waals surface area contributed by atoms with Crippen molar-refractivity contribution in [3.63, 3.8) is 0 Å². The van der Waals surface area contributed by atoms with E-state index in [1.165, 1.54) is 0 Å². The van der Waals surface area contributed by atoms with Crippen LogP contribution in [0.3, 0.4) is 0 Å². The Labute approximate surface area is 93.5 Å². The second-order valence-corrected chi connectivity index (χ2v) is 4.08. The first-order chi connectivity index (χ1) is 7.15. The van der Waals surface area contributed by atoms with Crippen LogP contribution in [0.4, 0.5) is 0 Å². The Balaban J connectivity index is 4.28. The Hall–Kier alpha value is -0.570. The summed E-state index contributed by atoms with van der Waals surface area (Å²) in [6.07, 6.45) is 4.53. The fourth-order valence-electron chi connectivity index (χ4n) is 2.00. The lowest BCUT2D eigenvalue weighted by Crippen LogP contribution is -2.38. The normalized spacial score (nSPS) is 13.1. The zero-order chi connectivity index (χ0) is 11.7. The zero-order valence-electron chi connectivity index (χ0n) is 10.3. The molecule has 90 valence electrons. The van der Waals surface area contributed by atoms with E-state index in [9.17, 15) is 4.79 Å². The largest absolute Gasteiger partial charge is 0.481 e. The predicted octanol–water partition coefficient (Wildman–Crippen LogP) is 2.75. The van der Waals surface area contributed by atoms with E-state index in [0.717, 1.165) is 38.8 Å². The minimum atomic E-state index is -0.675. The summed E-state index contributed by atoms with van der Waals surface area (Å²) in [5.41, 5.74) is 0. The first-order valence-electron chi connectivity index (χ1n) is 6.11. The van der Waals surface area contributed by atoms with Crippen LogP contribution >= 0.6 is 0 Å². The van der Waals surface area contributed by atoms with Gasteiger partial charge in [0.2, 0.25) is 0 Å². The van der Waals surface area contributed by atoms with Crippen LogP contribution in [-0.4, -0.2) is 35.1 Å². The van der Waals surface area contributed by atoms with Gasteiger partial charge in [0.25, 0.3) is 0 Å². The number of aliphatic carboxylic acids is 1. The summed E-state index contributed by atoms with van der Waals surface area (Å²) in [4.78, 5) is 13.1. The molecule has 0 fully saturated rings. The Morgan fingerprint density at radius 2 is 1.67 bits per heavy atom. The smallest absolute Gasteiger partial charge is 0.304 e. The summed E-state index contributed by atoms with van der Waals surface area (Å²) in [5, 5.41) is 8.87. The highest BCUT2D eigenvalue weighted by atomic mass is 16.4. The molecule has 0 amide bonds. The Kier molecular flexibility index (Phi) is 8.38. The third-order valence-electron chi connectivity index (χ3n) is 2.57. The molecule has 0 aromatic carbocycles. The van der Waals surface area contributed by atoms with Crippen molar-refractivity contribution in [3.05, 3.63) is 0 Å². The van der Waals surface area contributed by atoms with Crippen molar-refractivity contribution in [2.45, 2.75) is 58.9 Å². The minimum Gasteiger partial charge on any atom is -0.481 e. The highest BCUT2D eigenvalue weighted by Crippen LogP contribution is 2.12. The van der Waals surface area contributed by atoms with E-state index in [1.807, 2.05) is 0 Å². The van der Waals surface area contributed by atoms with Crippen molar-refractivity contribution in [2.75, 3.05) is 13.1 Å². The summed E-state index contributed by atoms with van der Waals surface area (Å²) in [5.74, 6) is -0.675. The van der Waals surface area contributed by atoms with E-state index in [4.69, 9.17) is 5.11 Å². The van der Waals surface area contributed by atoms with Crippen molar-refractivity contribution in [1.29, 1.82) is 0 Å². The lowest BCUT2D eigenvalue weighted by atomic mass is 10.1. The molecule has 0 saturated carbocycles. The molecule has 1 atom stereocenters. The van der Waals surface area contributed by atoms with Gasteiger partial charge in [-0.2, -0.15) is 0 Å². The molecule has 0 radical (unpaired) electrons. The first kappa shape index (κ1) is 14.4. The SMILES string of the molecule is CCCC(CC(=O)O)N(CCC)CCC. The van der Waals surface area contributed by atoms with E-state index in [0.29, 0.717) is 0 Å². The molecular formula is C12H25NO2. The average Bonchev–Trinajstić information content (AvgIpc) is 2.16. The quantitative estimate of drug-likeness (QED) is 0.643. The highest BCUT2D eigenvalue weighted by Gasteiger charge is 2.18. The molecule has 15 heavy (non-hydrogen) atoms. The van der Waals surface area contributed by atoms with Gasteiger partial charge < -0.3 is 5.11 Å². The minimum absolute atomic E-state index is 0.229. The monoisotopic (exact) mass is 215 g/mol. The molecule has 3 nitrogen and oxygen atoms in total. The van der Waals surface area contributed by atoms with Crippen molar-refractivity contribution < 1.29 is 9.90 Å². The Morgan fingerprint density at radius 1 is 1.13 bits per heavy atom. The fourth-order valence-corrected chi connectivity index (χ4v) is 2.00. The Bertz CT molecular complexity index is 165. The zero-order valence-corrected chi connectivity index (χ0v) is 10.3. The van der Waals surface area contributed by atoms with Gasteiger partial charge in [-0.3, -0.25) is 9.69 Å². The van der Waals surface area contributed by atoms with E-state index in [-0.39, 0.29) is 12.5 Å². The van der Waals surface area contributed by atoms with Crippen LogP contribution in [0.1, 0.15) is 52.9 Å². The lowest BCUT2D eigenvalue weighted by molar-refractivity contribution is -0.138. The molecule has 0 rings (SSSR count). The number of nitrogens with zero attached hydrogens (tertiary/aromatic N) is 1. The van der Waals surface area contributed by atoms with Gasteiger partial charge in [-0.05, 0) is 32.4 Å². The Morgan fingerprint density at radius 3 is 2.00 bits per heavy atom. The molecule has 0 aliphatic heterocycles. The van der Waals surface area contributed by atoms with Gasteiger partial charge in [0, 0.05) is 6.04 Å². The molecular weight excluding hydrogens is 190 g/mol. The van der Waals surface area contributed by atoms with Crippen LogP contribution in [0, 0.1) is 0 Å². The molecule has 0 aliphatic carbocycles. The molecule has 0 aromatic rings. The second-order valence-electron chi connectivity index (χ2n) is 4.08. The van der Waals surface area contributed by atoms with Crippen molar-refractivity contribution >= 4 is 5.97 Å². The van der Waals surface area contributed by atoms with E-state index >= 15 is 0 Å². The van der Waals surface area contributed by atoms with Gasteiger partial charge in [0.1, 0.15) is 0 Å². The molecule has 1 N–H and O–H groups in total. The second kappa shape index (κ2) is 8.72. The molecule has 0 spiro atoms. The van der Waals surface area contributed by atoms with E-state index in [1.54, 1.807) is 0 Å². The average molecular weight is 215 g/mol. The standard InChI is InChI=1S/C12H25NO2/c1-4-7-11(10-12(14)15)13(8-5-2)9-6-3/h11H,4-10H2,1-3H3,(H,14,15). The molecule has 0 bridgehead atoms. The van der Waals surface area contributed by atoms with Crippen molar-refractivity contribution in [2.24, 2.45) is 0 Å². The van der Waals surface area contributed by atoms with Gasteiger partial charge in [0.05, 0.1) is 6.42 Å².